The molecule has 3 aromatic rings. The highest BCUT2D eigenvalue weighted by atomic mass is 32.2. The average molecular weight is 405 g/mol. The van der Waals surface area contributed by atoms with Crippen molar-refractivity contribution in [1.82, 2.24) is 14.4 Å². The first-order chi connectivity index (χ1) is 13.0. The number of methoxy groups -OCH3 is 1. The van der Waals surface area contributed by atoms with Gasteiger partial charge in [-0.3, -0.25) is 0 Å². The smallest absolute Gasteiger partial charge is 0.337 e. The van der Waals surface area contributed by atoms with Gasteiger partial charge in [0.05, 0.1) is 28.4 Å². The van der Waals surface area contributed by atoms with Gasteiger partial charge in [0.2, 0.25) is 21.7 Å². The first kappa shape index (κ1) is 17.8. The normalized spacial score (nSPS) is 15.4. The summed E-state index contributed by atoms with van der Waals surface area (Å²) in [6.07, 6.45) is 0. The van der Waals surface area contributed by atoms with E-state index >= 15 is 0 Å². The molecule has 0 atom stereocenters. The van der Waals surface area contributed by atoms with Crippen molar-refractivity contribution in [3.8, 4) is 10.7 Å². The Morgan fingerprint density at radius 3 is 2.63 bits per heavy atom. The Balaban J connectivity index is 1.44. The molecule has 27 heavy (non-hydrogen) atoms. The fraction of sp³-hybridized carbons (Fsp3) is 0.235. The maximum atomic E-state index is 12.7. The van der Waals surface area contributed by atoms with Crippen molar-refractivity contribution in [3.63, 3.8) is 0 Å². The predicted molar refractivity (Wildman–Crippen MR) is 96.9 cm³/mol. The molecule has 1 saturated heterocycles. The third-order valence-corrected chi connectivity index (χ3v) is 7.01. The molecule has 3 heterocycles. The van der Waals surface area contributed by atoms with E-state index in [1.807, 2.05) is 17.5 Å². The highest BCUT2D eigenvalue weighted by molar-refractivity contribution is 7.89. The second-order valence-electron chi connectivity index (χ2n) is 5.97. The van der Waals surface area contributed by atoms with Crippen LogP contribution >= 0.6 is 11.3 Å². The van der Waals surface area contributed by atoms with Crippen LogP contribution in [0.15, 0.2) is 51.2 Å². The van der Waals surface area contributed by atoms with Gasteiger partial charge in [-0.25, -0.2) is 13.2 Å². The highest BCUT2D eigenvalue weighted by Gasteiger charge is 2.40. The summed E-state index contributed by atoms with van der Waals surface area (Å²) in [7, 11) is -2.36. The van der Waals surface area contributed by atoms with Crippen molar-refractivity contribution < 1.29 is 22.5 Å². The Morgan fingerprint density at radius 1 is 1.26 bits per heavy atom. The van der Waals surface area contributed by atoms with Crippen LogP contribution in [0.25, 0.3) is 10.7 Å². The number of hydrogen-bond acceptors (Lipinski definition) is 8. The van der Waals surface area contributed by atoms with E-state index in [0.29, 0.717) is 17.3 Å². The maximum absolute atomic E-state index is 12.7. The third-order valence-electron chi connectivity index (χ3n) is 4.29. The molecule has 140 valence electrons. The zero-order chi connectivity index (χ0) is 19.0. The molecule has 0 saturated carbocycles. The van der Waals surface area contributed by atoms with Gasteiger partial charge in [-0.1, -0.05) is 11.2 Å². The summed E-state index contributed by atoms with van der Waals surface area (Å²) >= 11 is 1.51. The predicted octanol–water partition coefficient (Wildman–Crippen LogP) is 2.37. The maximum Gasteiger partial charge on any atom is 0.337 e. The van der Waals surface area contributed by atoms with Crippen molar-refractivity contribution in [2.45, 2.75) is 10.8 Å². The Bertz CT molecular complexity index is 1050. The van der Waals surface area contributed by atoms with Gasteiger partial charge < -0.3 is 9.26 Å². The summed E-state index contributed by atoms with van der Waals surface area (Å²) in [5.41, 5.74) is 0.296. The second kappa shape index (κ2) is 6.87. The van der Waals surface area contributed by atoms with Crippen molar-refractivity contribution in [3.05, 3.63) is 53.2 Å². The first-order valence-electron chi connectivity index (χ1n) is 8.05. The minimum Gasteiger partial charge on any atom is -0.465 e. The topological polar surface area (TPSA) is 103 Å². The lowest BCUT2D eigenvalue weighted by Gasteiger charge is -2.35. The number of thiophene rings is 1. The molecule has 0 aliphatic carbocycles. The quantitative estimate of drug-likeness (QED) is 0.600. The minimum absolute atomic E-state index is 0.124. The Kier molecular flexibility index (Phi) is 4.54. The first-order valence-corrected chi connectivity index (χ1v) is 10.4. The molecule has 1 aromatic carbocycles. The molecule has 1 aliphatic heterocycles. The molecule has 8 nitrogen and oxygen atoms in total. The lowest BCUT2D eigenvalue weighted by Crippen LogP contribution is -2.48. The van der Waals surface area contributed by atoms with Gasteiger partial charge in [0.15, 0.2) is 0 Å². The molecule has 0 amide bonds. The third kappa shape index (κ3) is 3.27. The number of sulfonamides is 1. The second-order valence-corrected chi connectivity index (χ2v) is 8.85. The van der Waals surface area contributed by atoms with Gasteiger partial charge >= 0.3 is 5.97 Å². The van der Waals surface area contributed by atoms with E-state index in [2.05, 4.69) is 14.9 Å². The fourth-order valence-electron chi connectivity index (χ4n) is 2.73. The molecular formula is C17H15N3O5S2. The van der Waals surface area contributed by atoms with Crippen LogP contribution in [0.1, 0.15) is 22.2 Å². The van der Waals surface area contributed by atoms with Crippen LogP contribution < -0.4 is 0 Å². The largest absolute Gasteiger partial charge is 0.465 e. The summed E-state index contributed by atoms with van der Waals surface area (Å²) in [5, 5.41) is 5.88. The lowest BCUT2D eigenvalue weighted by atomic mass is 10.0. The molecule has 0 unspecified atom stereocenters. The fourth-order valence-corrected chi connectivity index (χ4v) is 4.91. The standard InChI is InChI=1S/C17H15N3O5S2/c1-24-17(21)11-4-6-13(7-5-11)27(22,23)20-9-12(10-20)16-18-15(19-25-16)14-3-2-8-26-14/h2-8,12H,9-10H2,1H3. The summed E-state index contributed by atoms with van der Waals surface area (Å²) < 4.78 is 36.6. The van der Waals surface area contributed by atoms with Gasteiger partial charge in [-0.15, -0.1) is 11.3 Å². The van der Waals surface area contributed by atoms with E-state index in [0.717, 1.165) is 4.88 Å². The average Bonchev–Trinajstić information content (AvgIpc) is 3.31. The number of carbonyl (C=O) groups excluding carboxylic acids is 1. The highest BCUT2D eigenvalue weighted by Crippen LogP contribution is 2.32. The summed E-state index contributed by atoms with van der Waals surface area (Å²) in [4.78, 5) is 16.8. The number of esters is 1. The molecule has 0 bridgehead atoms. The molecular weight excluding hydrogens is 390 g/mol. The van der Waals surface area contributed by atoms with E-state index in [-0.39, 0.29) is 23.9 Å². The van der Waals surface area contributed by atoms with Crippen molar-refractivity contribution >= 4 is 27.3 Å². The van der Waals surface area contributed by atoms with Gasteiger partial charge in [0, 0.05) is 13.1 Å². The lowest BCUT2D eigenvalue weighted by molar-refractivity contribution is 0.0600. The van der Waals surface area contributed by atoms with Gasteiger partial charge in [0.1, 0.15) is 0 Å². The number of ether oxygens (including phenoxy) is 1. The number of aromatic nitrogens is 2. The zero-order valence-electron chi connectivity index (χ0n) is 14.2. The van der Waals surface area contributed by atoms with Crippen LogP contribution in [-0.4, -0.2) is 49.0 Å². The van der Waals surface area contributed by atoms with Crippen molar-refractivity contribution in [1.29, 1.82) is 0 Å². The Labute approximate surface area is 159 Å². The molecule has 4 rings (SSSR count). The van der Waals surface area contributed by atoms with E-state index in [1.165, 1.54) is 47.0 Å². The van der Waals surface area contributed by atoms with Gasteiger partial charge in [0.25, 0.3) is 0 Å². The zero-order valence-corrected chi connectivity index (χ0v) is 15.9. The molecule has 0 radical (unpaired) electrons. The van der Waals surface area contributed by atoms with E-state index in [1.54, 1.807) is 0 Å². The van der Waals surface area contributed by atoms with Crippen molar-refractivity contribution in [2.24, 2.45) is 0 Å². The molecule has 1 aliphatic rings. The Hall–Kier alpha value is -2.56. The number of rotatable bonds is 5. The van der Waals surface area contributed by atoms with Gasteiger partial charge in [-0.2, -0.15) is 9.29 Å². The number of benzene rings is 1. The number of carbonyl (C=O) groups is 1. The molecule has 0 spiro atoms. The van der Waals surface area contributed by atoms with Crippen molar-refractivity contribution in [2.75, 3.05) is 20.2 Å². The van der Waals surface area contributed by atoms with Crippen LogP contribution in [-0.2, 0) is 14.8 Å². The van der Waals surface area contributed by atoms with Crippen LogP contribution in [0.5, 0.6) is 0 Å². The minimum atomic E-state index is -3.64. The molecule has 0 N–H and O–H groups in total. The summed E-state index contributed by atoms with van der Waals surface area (Å²) in [6.45, 7) is 0.542. The van der Waals surface area contributed by atoms with E-state index in [9.17, 15) is 13.2 Å². The SMILES string of the molecule is COC(=O)c1ccc(S(=O)(=O)N2CC(c3nc(-c4cccs4)no3)C2)cc1. The molecule has 1 fully saturated rings. The summed E-state index contributed by atoms with van der Waals surface area (Å²) in [6, 6.07) is 9.46. The van der Waals surface area contributed by atoms with Crippen LogP contribution in [0.4, 0.5) is 0 Å². The number of hydrogen-bond donors (Lipinski definition) is 0. The van der Waals surface area contributed by atoms with Crippen LogP contribution in [0.2, 0.25) is 0 Å². The Morgan fingerprint density at radius 2 is 2.00 bits per heavy atom. The monoisotopic (exact) mass is 405 g/mol. The molecule has 2 aromatic heterocycles. The van der Waals surface area contributed by atoms with Crippen LogP contribution in [0.3, 0.4) is 0 Å². The summed E-state index contributed by atoms with van der Waals surface area (Å²) in [5.74, 6) is 0.307. The van der Waals surface area contributed by atoms with E-state index < -0.39 is 16.0 Å². The molecule has 10 heteroatoms. The van der Waals surface area contributed by atoms with Crippen LogP contribution in [0, 0.1) is 0 Å². The van der Waals surface area contributed by atoms with Gasteiger partial charge in [-0.05, 0) is 35.7 Å². The number of nitrogens with zero attached hydrogens (tertiary/aromatic N) is 3. The van der Waals surface area contributed by atoms with E-state index in [4.69, 9.17) is 4.52 Å².